The molecular weight excluding hydrogens is 320 g/mol. The molecule has 0 bridgehead atoms. The van der Waals surface area contributed by atoms with Crippen LogP contribution in [0.25, 0.3) is 0 Å². The second-order valence-electron chi connectivity index (χ2n) is 8.56. The fourth-order valence-electron chi connectivity index (χ4n) is 5.49. The summed E-state index contributed by atoms with van der Waals surface area (Å²) in [6, 6.07) is 0. The third-order valence-electron chi connectivity index (χ3n) is 6.70. The van der Waals surface area contributed by atoms with E-state index in [-0.39, 0.29) is 17.8 Å². The highest BCUT2D eigenvalue weighted by Gasteiger charge is 2.73. The second kappa shape index (κ2) is 6.06. The van der Waals surface area contributed by atoms with Crippen LogP contribution < -0.4 is 0 Å². The molecule has 1 aliphatic heterocycles. The van der Waals surface area contributed by atoms with Crippen LogP contribution in [-0.4, -0.2) is 40.8 Å². The lowest BCUT2D eigenvalue weighted by Crippen LogP contribution is -2.57. The maximum absolute atomic E-state index is 12.9. The van der Waals surface area contributed by atoms with Crippen molar-refractivity contribution in [1.82, 2.24) is 0 Å². The first-order chi connectivity index (χ1) is 11.7. The number of aliphatic hydroxyl groups excluding tert-OH is 1. The normalized spacial score (nSPS) is 41.6. The second-order valence-corrected chi connectivity index (χ2v) is 8.56. The van der Waals surface area contributed by atoms with Crippen LogP contribution in [0.5, 0.6) is 0 Å². The number of hydrogen-bond acceptors (Lipinski definition) is 5. The number of carbonyl (C=O) groups excluding carboxylic acids is 2. The van der Waals surface area contributed by atoms with Crippen molar-refractivity contribution in [3.8, 4) is 0 Å². The van der Waals surface area contributed by atoms with Crippen molar-refractivity contribution in [2.75, 3.05) is 6.61 Å². The van der Waals surface area contributed by atoms with Crippen molar-refractivity contribution in [3.05, 3.63) is 23.8 Å². The lowest BCUT2D eigenvalue weighted by atomic mass is 9.50. The smallest absolute Gasteiger partial charge is 0.313 e. The van der Waals surface area contributed by atoms with E-state index < -0.39 is 22.5 Å². The average Bonchev–Trinajstić information content (AvgIpc) is 3.04. The summed E-state index contributed by atoms with van der Waals surface area (Å²) in [5.41, 5.74) is -1.80. The summed E-state index contributed by atoms with van der Waals surface area (Å²) in [5, 5.41) is 20.5. The summed E-state index contributed by atoms with van der Waals surface area (Å²) in [6.45, 7) is 5.67. The number of esters is 1. The van der Waals surface area contributed by atoms with E-state index in [0.717, 1.165) is 12.7 Å². The zero-order chi connectivity index (χ0) is 18.5. The maximum atomic E-state index is 12.9. The molecule has 5 heteroatoms. The summed E-state index contributed by atoms with van der Waals surface area (Å²) in [5.74, 6) is -0.473. The van der Waals surface area contributed by atoms with Gasteiger partial charge in [0.1, 0.15) is 6.29 Å². The zero-order valence-electron chi connectivity index (χ0n) is 15.2. The average molecular weight is 348 g/mol. The predicted molar refractivity (Wildman–Crippen MR) is 92.5 cm³/mol. The summed E-state index contributed by atoms with van der Waals surface area (Å²) >= 11 is 0. The summed E-state index contributed by atoms with van der Waals surface area (Å²) in [7, 11) is 0. The molecule has 0 radical (unpaired) electrons. The molecule has 3 rings (SSSR count). The number of carbonyl (C=O) groups is 2. The van der Waals surface area contributed by atoms with Crippen LogP contribution in [0.1, 0.15) is 46.5 Å². The third-order valence-corrected chi connectivity index (χ3v) is 6.70. The molecule has 25 heavy (non-hydrogen) atoms. The Morgan fingerprint density at radius 2 is 2.04 bits per heavy atom. The Labute approximate surface area is 148 Å². The molecular formula is C20H28O5. The number of rotatable bonds is 4. The number of aliphatic hydroxyl groups is 2. The van der Waals surface area contributed by atoms with E-state index in [1.807, 2.05) is 6.92 Å². The third kappa shape index (κ3) is 2.59. The van der Waals surface area contributed by atoms with E-state index in [2.05, 4.69) is 0 Å². The van der Waals surface area contributed by atoms with Gasteiger partial charge in [-0.1, -0.05) is 25.2 Å². The number of allylic oxidation sites excluding steroid dienone is 3. The van der Waals surface area contributed by atoms with Crippen LogP contribution in [-0.2, 0) is 14.3 Å². The first-order valence-electron chi connectivity index (χ1n) is 9.09. The highest BCUT2D eigenvalue weighted by atomic mass is 16.5. The van der Waals surface area contributed by atoms with Crippen molar-refractivity contribution < 1.29 is 24.5 Å². The lowest BCUT2D eigenvalue weighted by molar-refractivity contribution is -0.166. The Bertz CT molecular complexity index is 628. The molecule has 0 amide bonds. The molecule has 2 N–H and O–H groups in total. The first kappa shape index (κ1) is 18.3. The van der Waals surface area contributed by atoms with Crippen LogP contribution in [0.3, 0.4) is 0 Å². The topological polar surface area (TPSA) is 83.8 Å². The fourth-order valence-corrected chi connectivity index (χ4v) is 5.49. The van der Waals surface area contributed by atoms with Gasteiger partial charge in [0, 0.05) is 17.3 Å². The molecule has 5 nitrogen and oxygen atoms in total. The van der Waals surface area contributed by atoms with Crippen molar-refractivity contribution in [3.63, 3.8) is 0 Å². The Balaban J connectivity index is 2.04. The van der Waals surface area contributed by atoms with Crippen LogP contribution in [0.15, 0.2) is 23.8 Å². The lowest BCUT2D eigenvalue weighted by Gasteiger charge is -2.51. The van der Waals surface area contributed by atoms with E-state index in [0.29, 0.717) is 31.4 Å². The van der Waals surface area contributed by atoms with Gasteiger partial charge in [-0.2, -0.15) is 0 Å². The molecule has 0 aromatic rings. The molecule has 3 fully saturated rings. The van der Waals surface area contributed by atoms with Gasteiger partial charge in [0.15, 0.2) is 0 Å². The van der Waals surface area contributed by atoms with Crippen LogP contribution >= 0.6 is 0 Å². The largest absolute Gasteiger partial charge is 0.465 e. The minimum Gasteiger partial charge on any atom is -0.465 e. The number of aldehydes is 1. The molecule has 1 heterocycles. The Morgan fingerprint density at radius 3 is 2.68 bits per heavy atom. The van der Waals surface area contributed by atoms with Gasteiger partial charge in [-0.3, -0.25) is 9.59 Å². The molecule has 0 aromatic heterocycles. The Hall–Kier alpha value is -1.46. The molecule has 1 saturated heterocycles. The molecule has 0 aromatic carbocycles. The number of ether oxygens (including phenoxy) is 1. The van der Waals surface area contributed by atoms with Crippen molar-refractivity contribution >= 4 is 12.3 Å². The highest BCUT2D eigenvalue weighted by molar-refractivity contribution is 5.86. The number of hydrogen-bond donors (Lipinski definition) is 2. The van der Waals surface area contributed by atoms with Gasteiger partial charge in [0.2, 0.25) is 0 Å². The van der Waals surface area contributed by atoms with Gasteiger partial charge >= 0.3 is 5.97 Å². The quantitative estimate of drug-likeness (QED) is 0.352. The van der Waals surface area contributed by atoms with Crippen molar-refractivity contribution in [2.24, 2.45) is 22.7 Å². The van der Waals surface area contributed by atoms with Gasteiger partial charge in [0.25, 0.3) is 0 Å². The van der Waals surface area contributed by atoms with E-state index in [1.54, 1.807) is 32.1 Å². The minimum absolute atomic E-state index is 0.0440. The van der Waals surface area contributed by atoms with Gasteiger partial charge in [-0.15, -0.1) is 0 Å². The molecule has 5 unspecified atom stereocenters. The van der Waals surface area contributed by atoms with E-state index in [1.165, 1.54) is 0 Å². The van der Waals surface area contributed by atoms with Crippen molar-refractivity contribution in [1.29, 1.82) is 0 Å². The van der Waals surface area contributed by atoms with Crippen molar-refractivity contribution in [2.45, 2.75) is 58.2 Å². The molecule has 2 saturated carbocycles. The van der Waals surface area contributed by atoms with E-state index >= 15 is 0 Å². The predicted octanol–water partition coefficient (Wildman–Crippen LogP) is 2.17. The zero-order valence-corrected chi connectivity index (χ0v) is 15.2. The summed E-state index contributed by atoms with van der Waals surface area (Å²) in [4.78, 5) is 24.7. The molecule has 3 aliphatic rings. The van der Waals surface area contributed by atoms with Gasteiger partial charge < -0.3 is 14.9 Å². The SMILES string of the molecule is CC(C)(O)C=CC=C(C=O)C1CCC2(C)C(O)CCC3COC(=O)C312. The fraction of sp³-hybridized carbons (Fsp3) is 0.700. The summed E-state index contributed by atoms with van der Waals surface area (Å²) in [6.07, 6.45) is 8.02. The molecule has 2 aliphatic carbocycles. The van der Waals surface area contributed by atoms with Crippen LogP contribution in [0.4, 0.5) is 0 Å². The van der Waals surface area contributed by atoms with E-state index in [9.17, 15) is 19.8 Å². The number of cyclic esters (lactones) is 1. The minimum atomic E-state index is -0.969. The first-order valence-corrected chi connectivity index (χ1v) is 9.09. The van der Waals surface area contributed by atoms with Crippen LogP contribution in [0.2, 0.25) is 0 Å². The molecule has 138 valence electrons. The standard InChI is InChI=1S/C20H28O5/c1-18(2,24)9-4-5-13(11-21)15-8-10-19(3)16(22)7-6-14-12-25-17(23)20(14,15)19/h4-5,9,11,14-16,22,24H,6-8,10,12H2,1-3H3. The van der Waals surface area contributed by atoms with E-state index in [4.69, 9.17) is 4.74 Å². The highest BCUT2D eigenvalue weighted by Crippen LogP contribution is 2.69. The Morgan fingerprint density at radius 1 is 1.32 bits per heavy atom. The van der Waals surface area contributed by atoms with Gasteiger partial charge in [-0.05, 0) is 45.1 Å². The Kier molecular flexibility index (Phi) is 4.44. The van der Waals surface area contributed by atoms with Gasteiger partial charge in [0.05, 0.1) is 23.7 Å². The van der Waals surface area contributed by atoms with Crippen LogP contribution in [0, 0.1) is 22.7 Å². The van der Waals surface area contributed by atoms with Gasteiger partial charge in [-0.25, -0.2) is 0 Å². The monoisotopic (exact) mass is 348 g/mol. The summed E-state index contributed by atoms with van der Waals surface area (Å²) < 4.78 is 5.45. The maximum Gasteiger partial charge on any atom is 0.313 e. The molecule has 5 atom stereocenters. The molecule has 1 spiro atoms.